The molecule has 47 heavy (non-hydrogen) atoms. The van der Waals surface area contributed by atoms with E-state index in [1.165, 1.54) is 35.2 Å². The molecule has 1 aliphatic rings. The summed E-state index contributed by atoms with van der Waals surface area (Å²) in [5.41, 5.74) is 3.17. The molecular formula is C37H39ClFN3O4S. The molecule has 7 nitrogen and oxygen atoms in total. The highest BCUT2D eigenvalue weighted by molar-refractivity contribution is 7.92. The topological polar surface area (TPSA) is 86.8 Å². The number of carbonyl (C=O) groups excluding carboxylic acids is 2. The minimum absolute atomic E-state index is 0.00364. The molecule has 0 unspecified atom stereocenters. The first-order valence-electron chi connectivity index (χ1n) is 15.7. The van der Waals surface area contributed by atoms with E-state index in [-0.39, 0.29) is 35.5 Å². The molecule has 10 heteroatoms. The average molecular weight is 676 g/mol. The van der Waals surface area contributed by atoms with Crippen LogP contribution in [-0.4, -0.2) is 43.8 Å². The Bertz CT molecular complexity index is 1800. The highest BCUT2D eigenvalue weighted by Gasteiger charge is 2.36. The van der Waals surface area contributed by atoms with Crippen molar-refractivity contribution in [3.05, 3.63) is 130 Å². The van der Waals surface area contributed by atoms with E-state index >= 15 is 0 Å². The zero-order valence-electron chi connectivity index (χ0n) is 26.5. The molecule has 2 amide bonds. The van der Waals surface area contributed by atoms with Gasteiger partial charge in [-0.05, 0) is 79.8 Å². The third kappa shape index (κ3) is 8.58. The lowest BCUT2D eigenvalue weighted by Crippen LogP contribution is -2.54. The van der Waals surface area contributed by atoms with E-state index in [4.69, 9.17) is 11.6 Å². The van der Waals surface area contributed by atoms with Crippen molar-refractivity contribution in [2.45, 2.75) is 69.5 Å². The van der Waals surface area contributed by atoms with E-state index in [0.29, 0.717) is 16.1 Å². The van der Waals surface area contributed by atoms with E-state index < -0.39 is 34.3 Å². The number of halogens is 2. The summed E-state index contributed by atoms with van der Waals surface area (Å²) in [6, 6.07) is 25.4. The molecule has 4 aromatic carbocycles. The number of hydrogen-bond donors (Lipinski definition) is 1. The Morgan fingerprint density at radius 1 is 0.894 bits per heavy atom. The van der Waals surface area contributed by atoms with Gasteiger partial charge in [0, 0.05) is 24.0 Å². The Hall–Kier alpha value is -4.21. The number of anilines is 1. The van der Waals surface area contributed by atoms with Crippen LogP contribution in [0.4, 0.5) is 10.1 Å². The summed E-state index contributed by atoms with van der Waals surface area (Å²) in [7, 11) is -4.26. The van der Waals surface area contributed by atoms with Crippen LogP contribution in [-0.2, 0) is 32.6 Å². The lowest BCUT2D eigenvalue weighted by Gasteiger charge is -2.34. The summed E-state index contributed by atoms with van der Waals surface area (Å²) >= 11 is 6.36. The lowest BCUT2D eigenvalue weighted by molar-refractivity contribution is -0.140. The van der Waals surface area contributed by atoms with E-state index in [9.17, 15) is 22.4 Å². The van der Waals surface area contributed by atoms with Crippen LogP contribution in [0.5, 0.6) is 0 Å². The molecule has 0 radical (unpaired) electrons. The third-order valence-electron chi connectivity index (χ3n) is 8.57. The first-order chi connectivity index (χ1) is 22.5. The molecule has 1 saturated carbocycles. The van der Waals surface area contributed by atoms with Gasteiger partial charge in [-0.15, -0.1) is 0 Å². The van der Waals surface area contributed by atoms with E-state index in [1.807, 2.05) is 37.3 Å². The van der Waals surface area contributed by atoms with Crippen LogP contribution in [0.1, 0.15) is 47.9 Å². The van der Waals surface area contributed by atoms with Crippen molar-refractivity contribution in [2.75, 3.05) is 10.8 Å². The van der Waals surface area contributed by atoms with E-state index in [2.05, 4.69) is 5.32 Å². The predicted molar refractivity (Wildman–Crippen MR) is 183 cm³/mol. The van der Waals surface area contributed by atoms with Crippen LogP contribution in [0.3, 0.4) is 0 Å². The molecule has 1 N–H and O–H groups in total. The van der Waals surface area contributed by atoms with Crippen molar-refractivity contribution in [1.82, 2.24) is 10.2 Å². The Kier molecular flexibility index (Phi) is 11.0. The minimum Gasteiger partial charge on any atom is -0.352 e. The SMILES string of the molecule is Cc1ccc(S(=O)(=O)N(CC(=O)N(Cc2ccc(F)cc2)[C@H](Cc2ccccc2)C(=O)NC2CCCC2)c2cc(Cl)ccc2C)cc1. The molecule has 1 fully saturated rings. The molecule has 0 bridgehead atoms. The normalized spacial score (nSPS) is 14.0. The Morgan fingerprint density at radius 3 is 2.21 bits per heavy atom. The number of aryl methyl sites for hydroxylation is 2. The van der Waals surface area contributed by atoms with Gasteiger partial charge < -0.3 is 10.2 Å². The number of nitrogens with one attached hydrogen (secondary N) is 1. The van der Waals surface area contributed by atoms with E-state index in [0.717, 1.165) is 41.1 Å². The van der Waals surface area contributed by atoms with Crippen LogP contribution in [0.25, 0.3) is 0 Å². The first-order valence-corrected chi connectivity index (χ1v) is 17.6. The first kappa shape index (κ1) is 34.1. The van der Waals surface area contributed by atoms with Gasteiger partial charge in [0.1, 0.15) is 18.4 Å². The van der Waals surface area contributed by atoms with E-state index in [1.54, 1.807) is 43.3 Å². The second kappa shape index (κ2) is 15.1. The lowest BCUT2D eigenvalue weighted by atomic mass is 10.0. The van der Waals surface area contributed by atoms with Crippen molar-refractivity contribution in [3.63, 3.8) is 0 Å². The Labute approximate surface area is 281 Å². The van der Waals surface area contributed by atoms with Crippen LogP contribution in [0, 0.1) is 19.7 Å². The maximum Gasteiger partial charge on any atom is 0.264 e. The highest BCUT2D eigenvalue weighted by atomic mass is 35.5. The van der Waals surface area contributed by atoms with Crippen LogP contribution >= 0.6 is 11.6 Å². The number of benzene rings is 4. The number of carbonyl (C=O) groups is 2. The maximum absolute atomic E-state index is 14.6. The van der Waals surface area contributed by atoms with Gasteiger partial charge in [-0.25, -0.2) is 12.8 Å². The van der Waals surface area contributed by atoms with Gasteiger partial charge >= 0.3 is 0 Å². The Morgan fingerprint density at radius 2 is 1.55 bits per heavy atom. The van der Waals surface area contributed by atoms with Gasteiger partial charge in [0.25, 0.3) is 10.0 Å². The van der Waals surface area contributed by atoms with Crippen molar-refractivity contribution < 1.29 is 22.4 Å². The summed E-state index contributed by atoms with van der Waals surface area (Å²) in [4.78, 5) is 30.1. The van der Waals surface area contributed by atoms with Crippen LogP contribution in [0.2, 0.25) is 5.02 Å². The molecule has 1 atom stereocenters. The largest absolute Gasteiger partial charge is 0.352 e. The smallest absolute Gasteiger partial charge is 0.264 e. The van der Waals surface area contributed by atoms with Gasteiger partial charge in [-0.2, -0.15) is 0 Å². The number of rotatable bonds is 12. The summed E-state index contributed by atoms with van der Waals surface area (Å²) in [5.74, 6) is -1.34. The monoisotopic (exact) mass is 675 g/mol. The molecule has 0 saturated heterocycles. The van der Waals surface area contributed by atoms with Gasteiger partial charge in [0.15, 0.2) is 0 Å². The molecule has 0 aliphatic heterocycles. The predicted octanol–water partition coefficient (Wildman–Crippen LogP) is 6.99. The van der Waals surface area contributed by atoms with Crippen molar-refractivity contribution in [1.29, 1.82) is 0 Å². The number of hydrogen-bond acceptors (Lipinski definition) is 4. The van der Waals surface area contributed by atoms with Gasteiger partial charge in [-0.1, -0.05) is 90.7 Å². The highest BCUT2D eigenvalue weighted by Crippen LogP contribution is 2.30. The summed E-state index contributed by atoms with van der Waals surface area (Å²) in [6.45, 7) is 2.97. The summed E-state index contributed by atoms with van der Waals surface area (Å²) in [5, 5.41) is 3.46. The van der Waals surface area contributed by atoms with Gasteiger partial charge in [0.05, 0.1) is 10.6 Å². The number of nitrogens with zero attached hydrogens (tertiary/aromatic N) is 2. The van der Waals surface area contributed by atoms with Crippen LogP contribution < -0.4 is 9.62 Å². The fourth-order valence-electron chi connectivity index (χ4n) is 5.91. The molecule has 5 rings (SSSR count). The third-order valence-corrected chi connectivity index (χ3v) is 10.6. The summed E-state index contributed by atoms with van der Waals surface area (Å²) in [6.07, 6.45) is 3.93. The Balaban J connectivity index is 1.58. The molecule has 0 spiro atoms. The fraction of sp³-hybridized carbons (Fsp3) is 0.297. The quantitative estimate of drug-likeness (QED) is 0.175. The fourth-order valence-corrected chi connectivity index (χ4v) is 7.55. The minimum atomic E-state index is -4.26. The molecule has 1 aliphatic carbocycles. The second-order valence-corrected chi connectivity index (χ2v) is 14.4. The standard InChI is InChI=1S/C37H39ClFN3O4S/c1-26-12-20-33(21-13-26)47(45,46)42(34-23-30(38)17-14-27(34)2)25-36(43)41(24-29-15-18-31(39)19-16-29)35(22-28-8-4-3-5-9-28)37(44)40-32-10-6-7-11-32/h3-5,8-9,12-21,23,32,35H,6-7,10-11,22,24-25H2,1-2H3,(H,40,44)/t35-/m1/s1. The van der Waals surface area contributed by atoms with Crippen LogP contribution in [0.15, 0.2) is 102 Å². The van der Waals surface area contributed by atoms with Crippen molar-refractivity contribution in [2.24, 2.45) is 0 Å². The second-order valence-electron chi connectivity index (χ2n) is 12.1. The maximum atomic E-state index is 14.6. The molecule has 0 aromatic heterocycles. The average Bonchev–Trinajstić information content (AvgIpc) is 3.57. The van der Waals surface area contributed by atoms with Crippen molar-refractivity contribution >= 4 is 39.1 Å². The zero-order valence-corrected chi connectivity index (χ0v) is 28.1. The molecular weight excluding hydrogens is 637 g/mol. The molecule has 0 heterocycles. The number of amides is 2. The molecule has 4 aromatic rings. The van der Waals surface area contributed by atoms with Gasteiger partial charge in [0.2, 0.25) is 11.8 Å². The number of sulfonamides is 1. The summed E-state index contributed by atoms with van der Waals surface area (Å²) < 4.78 is 43.5. The van der Waals surface area contributed by atoms with Crippen molar-refractivity contribution in [3.8, 4) is 0 Å². The molecule has 246 valence electrons. The van der Waals surface area contributed by atoms with Gasteiger partial charge in [-0.3, -0.25) is 13.9 Å². The zero-order chi connectivity index (χ0) is 33.6.